The van der Waals surface area contributed by atoms with E-state index in [9.17, 15) is 0 Å². The van der Waals surface area contributed by atoms with E-state index in [0.29, 0.717) is 11.8 Å². The summed E-state index contributed by atoms with van der Waals surface area (Å²) in [6, 6.07) is 6.82. The van der Waals surface area contributed by atoms with E-state index in [1.165, 1.54) is 120 Å². The number of hydrogen-bond donors (Lipinski definition) is 0. The minimum absolute atomic E-state index is 0.528. The number of hydrogen-bond acceptors (Lipinski definition) is 0. The fraction of sp³-hybridized carbons (Fsp3) is 0.727. The van der Waals surface area contributed by atoms with Gasteiger partial charge in [-0.1, -0.05) is 143 Å². The zero-order valence-corrected chi connectivity index (χ0v) is 24.0. The lowest BCUT2D eigenvalue weighted by molar-refractivity contribution is -0.596. The molecule has 0 saturated carbocycles. The minimum Gasteiger partial charge on any atom is -0.236 e. The normalized spacial score (nSPS) is 11.7. The molecule has 0 fully saturated rings. The van der Waals surface area contributed by atoms with Crippen molar-refractivity contribution in [2.45, 2.75) is 156 Å². The molecule has 2 heteroatoms. The molecular formula is C33H57N2+. The first-order valence-electron chi connectivity index (χ1n) is 15.2. The van der Waals surface area contributed by atoms with Gasteiger partial charge < -0.3 is 0 Å². The molecule has 35 heavy (non-hydrogen) atoms. The van der Waals surface area contributed by atoms with Crippen molar-refractivity contribution in [3.05, 3.63) is 48.0 Å². The Morgan fingerprint density at radius 1 is 0.629 bits per heavy atom. The zero-order chi connectivity index (χ0) is 25.3. The Kier molecular flexibility index (Phi) is 15.1. The van der Waals surface area contributed by atoms with Crippen LogP contribution in [0.3, 0.4) is 0 Å². The van der Waals surface area contributed by atoms with Crippen LogP contribution in [-0.4, -0.2) is 4.57 Å². The van der Waals surface area contributed by atoms with E-state index in [4.69, 9.17) is 0 Å². The Balaban J connectivity index is 1.57. The molecule has 0 radical (unpaired) electrons. The van der Waals surface area contributed by atoms with Gasteiger partial charge in [-0.15, -0.1) is 0 Å². The second-order valence-electron chi connectivity index (χ2n) is 11.5. The molecule has 0 amide bonds. The van der Waals surface area contributed by atoms with Crippen LogP contribution in [0.2, 0.25) is 0 Å². The van der Waals surface area contributed by atoms with Crippen LogP contribution in [-0.2, 0) is 6.54 Å². The highest BCUT2D eigenvalue weighted by atomic mass is 15.1. The fourth-order valence-corrected chi connectivity index (χ4v) is 5.31. The lowest BCUT2D eigenvalue weighted by atomic mass is 9.92. The van der Waals surface area contributed by atoms with Gasteiger partial charge in [-0.2, -0.15) is 0 Å². The number of para-hydroxylation sites is 1. The van der Waals surface area contributed by atoms with Crippen LogP contribution in [0.5, 0.6) is 0 Å². The number of unbranched alkanes of at least 4 members (excludes halogenated alkanes) is 15. The average molecular weight is 482 g/mol. The van der Waals surface area contributed by atoms with Gasteiger partial charge in [0.2, 0.25) is 6.33 Å². The number of nitrogens with zero attached hydrogens (tertiary/aromatic N) is 2. The molecule has 2 aromatic rings. The SMILES string of the molecule is CCCCCCCCCCCCCCCCCCn1cc[n+](-c2c(C(C)C)cccc2C(C)C)c1. The van der Waals surface area contributed by atoms with Crippen LogP contribution in [0.4, 0.5) is 0 Å². The number of imidazole rings is 1. The number of aryl methyl sites for hydroxylation is 1. The summed E-state index contributed by atoms with van der Waals surface area (Å²) in [7, 11) is 0. The Hall–Kier alpha value is -1.57. The molecule has 0 spiro atoms. The van der Waals surface area contributed by atoms with Crippen molar-refractivity contribution >= 4 is 0 Å². The molecule has 0 aliphatic heterocycles. The maximum atomic E-state index is 2.38. The van der Waals surface area contributed by atoms with Crippen molar-refractivity contribution < 1.29 is 4.57 Å². The molecule has 2 nitrogen and oxygen atoms in total. The summed E-state index contributed by atoms with van der Waals surface area (Å²) < 4.78 is 4.74. The van der Waals surface area contributed by atoms with Gasteiger partial charge in [0.1, 0.15) is 18.1 Å². The van der Waals surface area contributed by atoms with E-state index >= 15 is 0 Å². The Morgan fingerprint density at radius 2 is 1.06 bits per heavy atom. The average Bonchev–Trinajstić information content (AvgIpc) is 3.31. The summed E-state index contributed by atoms with van der Waals surface area (Å²) in [5.74, 6) is 1.06. The quantitative estimate of drug-likeness (QED) is 0.131. The largest absolute Gasteiger partial charge is 0.248 e. The highest BCUT2D eigenvalue weighted by Crippen LogP contribution is 2.27. The van der Waals surface area contributed by atoms with Crippen molar-refractivity contribution in [2.24, 2.45) is 0 Å². The predicted octanol–water partition coefficient (Wildman–Crippen LogP) is 10.3. The van der Waals surface area contributed by atoms with Crippen molar-refractivity contribution in [3.8, 4) is 5.69 Å². The fourth-order valence-electron chi connectivity index (χ4n) is 5.31. The first kappa shape index (κ1) is 29.7. The first-order chi connectivity index (χ1) is 17.0. The van der Waals surface area contributed by atoms with E-state index in [1.807, 2.05) is 0 Å². The van der Waals surface area contributed by atoms with Gasteiger partial charge in [-0.25, -0.2) is 9.13 Å². The van der Waals surface area contributed by atoms with Crippen LogP contribution in [0.15, 0.2) is 36.9 Å². The van der Waals surface area contributed by atoms with E-state index in [1.54, 1.807) is 0 Å². The molecule has 0 aliphatic carbocycles. The van der Waals surface area contributed by atoms with Crippen LogP contribution in [0.25, 0.3) is 5.69 Å². The summed E-state index contributed by atoms with van der Waals surface area (Å²) in [5.41, 5.74) is 4.28. The number of benzene rings is 1. The molecule has 0 N–H and O–H groups in total. The molecule has 2 rings (SSSR count). The van der Waals surface area contributed by atoms with Gasteiger partial charge in [0, 0.05) is 11.1 Å². The molecule has 0 aliphatic rings. The molecule has 1 aromatic heterocycles. The third-order valence-corrected chi connectivity index (χ3v) is 7.56. The van der Waals surface area contributed by atoms with Gasteiger partial charge in [-0.05, 0) is 24.7 Å². The van der Waals surface area contributed by atoms with E-state index in [2.05, 4.69) is 80.7 Å². The van der Waals surface area contributed by atoms with Gasteiger partial charge in [0.25, 0.3) is 0 Å². The minimum atomic E-state index is 0.528. The third kappa shape index (κ3) is 11.4. The highest BCUT2D eigenvalue weighted by molar-refractivity contribution is 5.45. The molecule has 0 bridgehead atoms. The molecule has 0 unspecified atom stereocenters. The van der Waals surface area contributed by atoms with Crippen LogP contribution < -0.4 is 4.57 Å². The summed E-state index contributed by atoms with van der Waals surface area (Å²) in [6.45, 7) is 12.6. The van der Waals surface area contributed by atoms with Gasteiger partial charge in [-0.3, -0.25) is 0 Å². The van der Waals surface area contributed by atoms with E-state index in [-0.39, 0.29) is 0 Å². The second-order valence-corrected chi connectivity index (χ2v) is 11.5. The molecule has 0 saturated heterocycles. The van der Waals surface area contributed by atoms with Crippen molar-refractivity contribution in [1.82, 2.24) is 4.57 Å². The highest BCUT2D eigenvalue weighted by Gasteiger charge is 2.19. The lowest BCUT2D eigenvalue weighted by Crippen LogP contribution is -2.31. The summed E-state index contributed by atoms with van der Waals surface area (Å²) in [4.78, 5) is 0. The summed E-state index contributed by atoms with van der Waals surface area (Å²) >= 11 is 0. The predicted molar refractivity (Wildman–Crippen MR) is 154 cm³/mol. The molecule has 0 atom stereocenters. The monoisotopic (exact) mass is 481 g/mol. The molecule has 198 valence electrons. The first-order valence-corrected chi connectivity index (χ1v) is 15.2. The van der Waals surface area contributed by atoms with Crippen LogP contribution in [0.1, 0.15) is 160 Å². The smallest absolute Gasteiger partial charge is 0.236 e. The third-order valence-electron chi connectivity index (χ3n) is 7.56. The maximum Gasteiger partial charge on any atom is 0.248 e. The molecule has 1 heterocycles. The van der Waals surface area contributed by atoms with Gasteiger partial charge >= 0.3 is 0 Å². The van der Waals surface area contributed by atoms with Crippen molar-refractivity contribution in [1.29, 1.82) is 0 Å². The van der Waals surface area contributed by atoms with Crippen LogP contribution >= 0.6 is 0 Å². The van der Waals surface area contributed by atoms with Crippen LogP contribution in [0, 0.1) is 0 Å². The summed E-state index contributed by atoms with van der Waals surface area (Å²) in [5, 5.41) is 0. The molecule has 1 aromatic carbocycles. The number of rotatable bonds is 20. The standard InChI is InChI=1S/C33H57N2/c1-6-7-8-9-10-11-12-13-14-15-16-17-18-19-20-21-25-34-26-27-35(28-34)33-31(29(2)3)23-22-24-32(33)30(4)5/h22-24,26-30H,6-21,25H2,1-5H3/q+1. The van der Waals surface area contributed by atoms with Crippen molar-refractivity contribution in [3.63, 3.8) is 0 Å². The summed E-state index contributed by atoms with van der Waals surface area (Å²) in [6.07, 6.45) is 29.6. The lowest BCUT2D eigenvalue weighted by Gasteiger charge is -2.16. The Labute approximate surface area is 218 Å². The molecular weight excluding hydrogens is 424 g/mol. The Morgan fingerprint density at radius 3 is 1.49 bits per heavy atom. The van der Waals surface area contributed by atoms with Gasteiger partial charge in [0.05, 0.1) is 6.54 Å². The van der Waals surface area contributed by atoms with Gasteiger partial charge in [0.15, 0.2) is 0 Å². The maximum absolute atomic E-state index is 2.38. The number of aromatic nitrogens is 2. The topological polar surface area (TPSA) is 8.81 Å². The second kappa shape index (κ2) is 17.8. The Bertz CT molecular complexity index is 760. The zero-order valence-electron chi connectivity index (χ0n) is 24.0. The van der Waals surface area contributed by atoms with E-state index < -0.39 is 0 Å². The van der Waals surface area contributed by atoms with Crippen molar-refractivity contribution in [2.75, 3.05) is 0 Å². The van der Waals surface area contributed by atoms with E-state index in [0.717, 1.165) is 6.54 Å².